The number of fused-ring (bicyclic) bond motifs is 1. The van der Waals surface area contributed by atoms with Crippen LogP contribution in [-0.2, 0) is 28.9 Å². The summed E-state index contributed by atoms with van der Waals surface area (Å²) in [6.45, 7) is 1.64. The van der Waals surface area contributed by atoms with Gasteiger partial charge in [-0.1, -0.05) is 18.2 Å². The van der Waals surface area contributed by atoms with E-state index in [0.717, 1.165) is 0 Å². The van der Waals surface area contributed by atoms with Crippen molar-refractivity contribution in [3.8, 4) is 0 Å². The maximum absolute atomic E-state index is 13.6. The van der Waals surface area contributed by atoms with E-state index >= 15 is 0 Å². The maximum Gasteiger partial charge on any atom is 0.327 e. The average Bonchev–Trinajstić information content (AvgIpc) is 3.02. The van der Waals surface area contributed by atoms with Gasteiger partial charge < -0.3 is 16.2 Å². The third-order valence-corrected chi connectivity index (χ3v) is 5.96. The van der Waals surface area contributed by atoms with Crippen LogP contribution in [-0.4, -0.2) is 44.9 Å². The quantitative estimate of drug-likeness (QED) is 0.608. The molecular weight excluding hydrogens is 422 g/mol. The summed E-state index contributed by atoms with van der Waals surface area (Å²) in [6.07, 6.45) is 0.906. The molecule has 1 saturated heterocycles. The van der Waals surface area contributed by atoms with Crippen molar-refractivity contribution >= 4 is 23.7 Å². The Bertz CT molecular complexity index is 1110. The van der Waals surface area contributed by atoms with Crippen molar-refractivity contribution in [1.82, 2.24) is 15.2 Å². The molecule has 32 heavy (non-hydrogen) atoms. The van der Waals surface area contributed by atoms with Crippen molar-refractivity contribution in [3.63, 3.8) is 0 Å². The first-order valence-corrected chi connectivity index (χ1v) is 10.1. The van der Waals surface area contributed by atoms with E-state index in [-0.39, 0.29) is 25.1 Å². The molecule has 3 amide bonds. The van der Waals surface area contributed by atoms with Crippen LogP contribution in [0.1, 0.15) is 35.2 Å². The zero-order valence-electron chi connectivity index (χ0n) is 17.2. The number of likely N-dealkylation sites (tertiary alicyclic amines) is 1. The molecule has 0 radical (unpaired) electrons. The molecule has 2 aliphatic rings. The first-order chi connectivity index (χ1) is 15.1. The molecule has 8 nitrogen and oxygen atoms in total. The number of anilines is 1. The van der Waals surface area contributed by atoms with E-state index in [0.29, 0.717) is 27.2 Å². The molecule has 1 fully saturated rings. The van der Waals surface area contributed by atoms with Crippen LogP contribution < -0.4 is 11.1 Å². The molecule has 0 bridgehead atoms. The first-order valence-electron chi connectivity index (χ1n) is 10.1. The molecule has 1 aromatic heterocycles. The molecular formula is C22H22F2N4O4. The molecule has 2 heterocycles. The number of imide groups is 1. The van der Waals surface area contributed by atoms with Crippen LogP contribution >= 0.6 is 0 Å². The van der Waals surface area contributed by atoms with Crippen molar-refractivity contribution in [1.29, 1.82) is 0 Å². The topological polar surface area (TPSA) is 126 Å². The Kier molecular flexibility index (Phi) is 5.31. The number of carbonyl (C=O) groups excluding carboxylic acids is 2. The average molecular weight is 444 g/mol. The molecule has 2 aromatic rings. The van der Waals surface area contributed by atoms with E-state index in [1.807, 2.05) is 0 Å². The van der Waals surface area contributed by atoms with E-state index in [1.165, 1.54) is 6.20 Å². The van der Waals surface area contributed by atoms with Crippen molar-refractivity contribution in [3.05, 3.63) is 58.8 Å². The summed E-state index contributed by atoms with van der Waals surface area (Å²) in [4.78, 5) is 41.6. The van der Waals surface area contributed by atoms with Crippen molar-refractivity contribution in [2.75, 3.05) is 5.73 Å². The van der Waals surface area contributed by atoms with Gasteiger partial charge in [0.25, 0.3) is 5.92 Å². The fourth-order valence-electron chi connectivity index (χ4n) is 4.34. The summed E-state index contributed by atoms with van der Waals surface area (Å²) in [6, 6.07) is 5.29. The van der Waals surface area contributed by atoms with E-state index in [9.17, 15) is 28.3 Å². The number of hydrogen-bond donors (Lipinski definition) is 3. The second-order valence-electron chi connectivity index (χ2n) is 8.30. The lowest BCUT2D eigenvalue weighted by Crippen LogP contribution is -2.68. The number of aromatic nitrogens is 1. The zero-order chi connectivity index (χ0) is 23.2. The van der Waals surface area contributed by atoms with Gasteiger partial charge in [0.1, 0.15) is 5.82 Å². The largest absolute Gasteiger partial charge is 0.480 e. The van der Waals surface area contributed by atoms with E-state index < -0.39 is 41.8 Å². The minimum absolute atomic E-state index is 0.112. The number of carbonyl (C=O) groups is 3. The number of nitrogen functional groups attached to an aromatic ring is 1. The molecule has 0 unspecified atom stereocenters. The van der Waals surface area contributed by atoms with Gasteiger partial charge in [0, 0.05) is 19.0 Å². The predicted octanol–water partition coefficient (Wildman–Crippen LogP) is 2.32. The maximum atomic E-state index is 13.6. The van der Waals surface area contributed by atoms with Gasteiger partial charge in [0.05, 0.1) is 12.0 Å². The number of benzene rings is 1. The number of urea groups is 1. The summed E-state index contributed by atoms with van der Waals surface area (Å²) in [5, 5.41) is 12.2. The molecule has 1 aliphatic heterocycles. The van der Waals surface area contributed by atoms with Gasteiger partial charge >= 0.3 is 12.0 Å². The smallest absolute Gasteiger partial charge is 0.327 e. The lowest BCUT2D eigenvalue weighted by molar-refractivity contribution is -0.165. The normalized spacial score (nSPS) is 22.1. The van der Waals surface area contributed by atoms with Crippen LogP contribution in [0.2, 0.25) is 0 Å². The van der Waals surface area contributed by atoms with Gasteiger partial charge in [-0.05, 0) is 47.7 Å². The van der Waals surface area contributed by atoms with E-state index in [1.54, 1.807) is 37.3 Å². The minimum atomic E-state index is -2.78. The number of hydrogen-bond acceptors (Lipinski definition) is 5. The highest BCUT2D eigenvalue weighted by molar-refractivity contribution is 6.07. The highest BCUT2D eigenvalue weighted by Crippen LogP contribution is 2.36. The Labute approximate surface area is 182 Å². The number of nitrogens with one attached hydrogen (secondary N) is 1. The number of pyridine rings is 1. The van der Waals surface area contributed by atoms with Crippen LogP contribution in [0.4, 0.5) is 19.4 Å². The molecule has 0 saturated carbocycles. The highest BCUT2D eigenvalue weighted by atomic mass is 19.3. The van der Waals surface area contributed by atoms with Crippen LogP contribution in [0.5, 0.6) is 0 Å². The van der Waals surface area contributed by atoms with Crippen LogP contribution in [0.25, 0.3) is 0 Å². The number of alkyl halides is 2. The summed E-state index contributed by atoms with van der Waals surface area (Å²) in [7, 11) is 0. The predicted molar refractivity (Wildman–Crippen MR) is 110 cm³/mol. The van der Waals surface area contributed by atoms with Gasteiger partial charge in [0.2, 0.25) is 5.91 Å². The Hall–Kier alpha value is -3.56. The summed E-state index contributed by atoms with van der Waals surface area (Å²) < 4.78 is 27.3. The van der Waals surface area contributed by atoms with Crippen LogP contribution in [0, 0.1) is 5.92 Å². The number of nitrogens with zero attached hydrogens (tertiary/aromatic N) is 2. The monoisotopic (exact) mass is 444 g/mol. The second-order valence-corrected chi connectivity index (χ2v) is 8.30. The molecule has 10 heteroatoms. The Balaban J connectivity index is 1.45. The summed E-state index contributed by atoms with van der Waals surface area (Å²) in [5.41, 5.74) is 7.96. The lowest BCUT2D eigenvalue weighted by Gasteiger charge is -2.43. The molecule has 4 N–H and O–H groups in total. The number of amides is 3. The van der Waals surface area contributed by atoms with Gasteiger partial charge in [-0.3, -0.25) is 4.79 Å². The number of β-lactam (4-membered cyclic amide) rings is 1. The zero-order valence-corrected chi connectivity index (χ0v) is 17.2. The number of carboxylic acid groups (broad SMARTS) is 1. The number of aliphatic carboxylic acids is 1. The molecule has 168 valence electrons. The molecule has 4 rings (SSSR count). The molecule has 0 spiro atoms. The fraction of sp³-hybridized carbons (Fsp3) is 0.364. The summed E-state index contributed by atoms with van der Waals surface area (Å²) >= 11 is 0. The highest BCUT2D eigenvalue weighted by Gasteiger charge is 2.54. The number of rotatable bonds is 5. The van der Waals surface area contributed by atoms with Gasteiger partial charge in [-0.2, -0.15) is 0 Å². The number of nitrogens with two attached hydrogens (primary N) is 1. The second kappa shape index (κ2) is 7.85. The van der Waals surface area contributed by atoms with Gasteiger partial charge in [0.15, 0.2) is 6.04 Å². The Morgan fingerprint density at radius 1 is 1.28 bits per heavy atom. The van der Waals surface area contributed by atoms with Gasteiger partial charge in [-0.25, -0.2) is 28.3 Å². The number of halogens is 2. The standard InChI is InChI=1S/C22H22F2N4O4/c1-11(13-2-3-14-9-22(23,24)10-15(14)8-13)27-21(32)28-18(20(30)31)16(19(28)29)6-12-4-5-26-17(25)7-12/h2-5,7-8,11,16,18H,6,9-10H2,1H3,(H2,25,26)(H,27,32)(H,30,31)/t11-,16+,18-/m0/s1. The van der Waals surface area contributed by atoms with Crippen LogP contribution in [0.3, 0.4) is 0 Å². The SMILES string of the molecule is C[C@H](NC(=O)N1C(=O)[C@H](Cc2ccnc(N)c2)[C@H]1C(=O)O)c1ccc2c(c1)CC(F)(F)C2. The third-order valence-electron chi connectivity index (χ3n) is 5.96. The molecule has 1 aliphatic carbocycles. The fourth-order valence-corrected chi connectivity index (χ4v) is 4.34. The third kappa shape index (κ3) is 4.00. The number of carboxylic acids is 1. The summed E-state index contributed by atoms with van der Waals surface area (Å²) in [5.74, 6) is -5.33. The van der Waals surface area contributed by atoms with Gasteiger partial charge in [-0.15, -0.1) is 0 Å². The Morgan fingerprint density at radius 2 is 2.00 bits per heavy atom. The van der Waals surface area contributed by atoms with Crippen LogP contribution in [0.15, 0.2) is 36.5 Å². The van der Waals surface area contributed by atoms with Crippen molar-refractivity contribution < 1.29 is 28.3 Å². The molecule has 1 aromatic carbocycles. The lowest BCUT2D eigenvalue weighted by atomic mass is 9.82. The van der Waals surface area contributed by atoms with Crippen molar-refractivity contribution in [2.24, 2.45) is 5.92 Å². The van der Waals surface area contributed by atoms with E-state index in [2.05, 4.69) is 10.3 Å². The first kappa shape index (κ1) is 21.7. The van der Waals surface area contributed by atoms with E-state index in [4.69, 9.17) is 5.73 Å². The molecule has 3 atom stereocenters. The Morgan fingerprint density at radius 3 is 2.69 bits per heavy atom. The van der Waals surface area contributed by atoms with Crippen molar-refractivity contribution in [2.45, 2.75) is 44.2 Å². The minimum Gasteiger partial charge on any atom is -0.480 e.